The van der Waals surface area contributed by atoms with Crippen molar-refractivity contribution in [3.63, 3.8) is 0 Å². The van der Waals surface area contributed by atoms with Gasteiger partial charge in [0.1, 0.15) is 5.92 Å². The highest BCUT2D eigenvalue weighted by Crippen LogP contribution is 2.44. The number of urea groups is 1. The number of hydrogen-bond acceptors (Lipinski definition) is 6. The molecule has 2 amide bonds. The molecule has 28 heavy (non-hydrogen) atoms. The Labute approximate surface area is 159 Å². The lowest BCUT2D eigenvalue weighted by molar-refractivity contribution is -0.384. The fraction of sp³-hybridized carbons (Fsp3) is 0.250. The maximum absolute atomic E-state index is 13.7. The summed E-state index contributed by atoms with van der Waals surface area (Å²) in [5.41, 5.74) is -4.16. The van der Waals surface area contributed by atoms with Gasteiger partial charge in [-0.05, 0) is 17.0 Å². The summed E-state index contributed by atoms with van der Waals surface area (Å²) < 4.78 is 41.0. The number of nitrogens with zero attached hydrogens (tertiary/aromatic N) is 1. The van der Waals surface area contributed by atoms with E-state index in [2.05, 4.69) is 5.32 Å². The molecule has 1 aliphatic rings. The molecule has 3 atom stereocenters. The molecular formula is C16H12F3N3O5S. The molecular weight excluding hydrogens is 403 g/mol. The van der Waals surface area contributed by atoms with E-state index in [0.717, 1.165) is 35.6 Å². The Balaban J connectivity index is 2.12. The average Bonchev–Trinajstić information content (AvgIpc) is 3.14. The second-order valence-corrected chi connectivity index (χ2v) is 6.96. The molecule has 3 rings (SSSR count). The first kappa shape index (κ1) is 19.8. The lowest BCUT2D eigenvalue weighted by Crippen LogP contribution is -2.72. The first-order valence-electron chi connectivity index (χ1n) is 7.74. The zero-order chi connectivity index (χ0) is 20.7. The molecule has 0 saturated carbocycles. The maximum Gasteiger partial charge on any atom is 0.437 e. The highest BCUT2D eigenvalue weighted by molar-refractivity contribution is 7.12. The summed E-state index contributed by atoms with van der Waals surface area (Å²) in [7, 11) is 0. The monoisotopic (exact) mass is 415 g/mol. The molecule has 12 heteroatoms. The van der Waals surface area contributed by atoms with Crippen molar-refractivity contribution in [2.24, 2.45) is 5.92 Å². The largest absolute Gasteiger partial charge is 0.437 e. The molecule has 8 nitrogen and oxygen atoms in total. The number of alkyl halides is 3. The number of hydrogen-bond donors (Lipinski definition) is 3. The van der Waals surface area contributed by atoms with Gasteiger partial charge in [0.15, 0.2) is 5.78 Å². The van der Waals surface area contributed by atoms with Gasteiger partial charge in [-0.2, -0.15) is 13.2 Å². The highest BCUT2D eigenvalue weighted by atomic mass is 32.1. The van der Waals surface area contributed by atoms with Crippen LogP contribution in [0, 0.1) is 16.0 Å². The number of amides is 2. The molecule has 1 aromatic heterocycles. The third-order valence-corrected chi connectivity index (χ3v) is 5.20. The highest BCUT2D eigenvalue weighted by Gasteiger charge is 2.66. The Morgan fingerprint density at radius 1 is 1.25 bits per heavy atom. The fourth-order valence-corrected chi connectivity index (χ4v) is 3.70. The Hall–Kier alpha value is -2.99. The molecule has 2 heterocycles. The summed E-state index contributed by atoms with van der Waals surface area (Å²) >= 11 is 0.883. The SMILES string of the molecule is O=C1N[C@H](c2ccc([N+](=O)[O-])cc2)[C@@H](C(=O)c2cccs2)[C@](O)(C(F)(F)F)N1. The van der Waals surface area contributed by atoms with Gasteiger partial charge < -0.3 is 15.7 Å². The normalized spacial score (nSPS) is 24.9. The van der Waals surface area contributed by atoms with Crippen LogP contribution in [0.5, 0.6) is 0 Å². The van der Waals surface area contributed by atoms with E-state index in [1.54, 1.807) is 0 Å². The van der Waals surface area contributed by atoms with Crippen molar-refractivity contribution in [1.29, 1.82) is 0 Å². The number of carbonyl (C=O) groups excluding carboxylic acids is 2. The number of non-ortho nitro benzene ring substituents is 1. The summed E-state index contributed by atoms with van der Waals surface area (Å²) in [4.78, 5) is 34.7. The van der Waals surface area contributed by atoms with Crippen molar-refractivity contribution in [3.05, 3.63) is 62.3 Å². The minimum Gasteiger partial charge on any atom is -0.363 e. The van der Waals surface area contributed by atoms with Crippen molar-refractivity contribution >= 4 is 28.8 Å². The van der Waals surface area contributed by atoms with Gasteiger partial charge in [-0.25, -0.2) is 4.79 Å². The van der Waals surface area contributed by atoms with Crippen molar-refractivity contribution in [2.45, 2.75) is 17.9 Å². The Morgan fingerprint density at radius 3 is 2.39 bits per heavy atom. The van der Waals surface area contributed by atoms with Crippen molar-refractivity contribution < 1.29 is 32.8 Å². The van der Waals surface area contributed by atoms with Crippen LogP contribution in [0.1, 0.15) is 21.3 Å². The number of carbonyl (C=O) groups is 2. The number of benzene rings is 1. The fourth-order valence-electron chi connectivity index (χ4n) is 2.99. The van der Waals surface area contributed by atoms with Crippen LogP contribution in [0.4, 0.5) is 23.7 Å². The lowest BCUT2D eigenvalue weighted by atomic mass is 9.78. The topological polar surface area (TPSA) is 122 Å². The van der Waals surface area contributed by atoms with Crippen LogP contribution in [-0.2, 0) is 0 Å². The van der Waals surface area contributed by atoms with E-state index in [1.807, 2.05) is 0 Å². The standard InChI is InChI=1S/C16H12F3N3O5S/c17-16(18,19)15(25)11(13(23)10-2-1-7-28-10)12(20-14(24)21-15)8-3-5-9(6-4-8)22(26)27/h1-7,11-12,25H,(H2,20,21,24)/t11-,12+,15-/m0/s1. The Bertz CT molecular complexity index is 917. The minimum atomic E-state index is -5.36. The van der Waals surface area contributed by atoms with E-state index in [1.165, 1.54) is 22.8 Å². The number of nitrogens with one attached hydrogen (secondary N) is 2. The van der Waals surface area contributed by atoms with Crippen LogP contribution < -0.4 is 10.6 Å². The molecule has 3 N–H and O–H groups in total. The Morgan fingerprint density at radius 2 is 1.89 bits per heavy atom. The van der Waals surface area contributed by atoms with Gasteiger partial charge in [-0.1, -0.05) is 18.2 Å². The number of Topliss-reactive ketones (excluding diaryl/α,β-unsaturated/α-hetero) is 1. The zero-order valence-electron chi connectivity index (χ0n) is 13.8. The maximum atomic E-state index is 13.7. The zero-order valence-corrected chi connectivity index (χ0v) is 14.6. The van der Waals surface area contributed by atoms with Crippen LogP contribution in [0.3, 0.4) is 0 Å². The van der Waals surface area contributed by atoms with Gasteiger partial charge in [0.2, 0.25) is 5.72 Å². The van der Waals surface area contributed by atoms with Gasteiger partial charge in [0.25, 0.3) is 5.69 Å². The molecule has 2 aromatic rings. The van der Waals surface area contributed by atoms with Crippen LogP contribution in [-0.4, -0.2) is 33.7 Å². The van der Waals surface area contributed by atoms with E-state index >= 15 is 0 Å². The quantitative estimate of drug-likeness (QED) is 0.403. The Kier molecular flexibility index (Phi) is 4.85. The summed E-state index contributed by atoms with van der Waals surface area (Å²) in [5.74, 6) is -3.20. The first-order valence-corrected chi connectivity index (χ1v) is 8.62. The van der Waals surface area contributed by atoms with Crippen LogP contribution >= 0.6 is 11.3 Å². The number of rotatable bonds is 4. The molecule has 1 fully saturated rings. The third-order valence-electron chi connectivity index (χ3n) is 4.32. The van der Waals surface area contributed by atoms with E-state index in [0.29, 0.717) is 0 Å². The molecule has 0 radical (unpaired) electrons. The van der Waals surface area contributed by atoms with Gasteiger partial charge in [-0.3, -0.25) is 14.9 Å². The van der Waals surface area contributed by atoms with Gasteiger partial charge >= 0.3 is 12.2 Å². The van der Waals surface area contributed by atoms with E-state index in [-0.39, 0.29) is 16.1 Å². The molecule has 1 aliphatic heterocycles. The minimum absolute atomic E-state index is 0.00182. The van der Waals surface area contributed by atoms with Crippen molar-refractivity contribution in [1.82, 2.24) is 10.6 Å². The van der Waals surface area contributed by atoms with E-state index in [4.69, 9.17) is 0 Å². The van der Waals surface area contributed by atoms with E-state index < -0.39 is 40.6 Å². The summed E-state index contributed by atoms with van der Waals surface area (Å²) in [5, 5.41) is 26.2. The van der Waals surface area contributed by atoms with Crippen molar-refractivity contribution in [2.75, 3.05) is 0 Å². The van der Waals surface area contributed by atoms with Gasteiger partial charge in [0.05, 0.1) is 15.8 Å². The molecule has 0 bridgehead atoms. The van der Waals surface area contributed by atoms with Gasteiger partial charge in [0, 0.05) is 12.1 Å². The molecule has 148 valence electrons. The first-order chi connectivity index (χ1) is 13.0. The van der Waals surface area contributed by atoms with Crippen molar-refractivity contribution in [3.8, 4) is 0 Å². The lowest BCUT2D eigenvalue weighted by Gasteiger charge is -2.44. The molecule has 1 aromatic carbocycles. The van der Waals surface area contributed by atoms with Crippen LogP contribution in [0.25, 0.3) is 0 Å². The molecule has 0 unspecified atom stereocenters. The van der Waals surface area contributed by atoms with Crippen LogP contribution in [0.2, 0.25) is 0 Å². The van der Waals surface area contributed by atoms with Crippen LogP contribution in [0.15, 0.2) is 41.8 Å². The molecule has 0 spiro atoms. The summed E-state index contributed by atoms with van der Waals surface area (Å²) in [6.07, 6.45) is -5.36. The number of nitro benzene ring substituents is 1. The number of ketones is 1. The predicted molar refractivity (Wildman–Crippen MR) is 90.6 cm³/mol. The summed E-state index contributed by atoms with van der Waals surface area (Å²) in [6.45, 7) is 0. The average molecular weight is 415 g/mol. The number of halogens is 3. The second kappa shape index (κ2) is 6.87. The molecule has 0 aliphatic carbocycles. The van der Waals surface area contributed by atoms with Gasteiger partial charge in [-0.15, -0.1) is 11.3 Å². The number of nitro groups is 1. The molecule has 1 saturated heterocycles. The smallest absolute Gasteiger partial charge is 0.363 e. The number of aliphatic hydroxyl groups is 1. The second-order valence-electron chi connectivity index (χ2n) is 6.01. The van der Waals surface area contributed by atoms with E-state index in [9.17, 15) is 38.0 Å². The third kappa shape index (κ3) is 3.31. The predicted octanol–water partition coefficient (Wildman–Crippen LogP) is 2.76. The number of thiophene rings is 1. The summed E-state index contributed by atoms with van der Waals surface area (Å²) in [6, 6.07) is 4.16.